The van der Waals surface area contributed by atoms with Crippen LogP contribution in [0, 0.1) is 0 Å². The lowest BCUT2D eigenvalue weighted by Crippen LogP contribution is -2.60. The van der Waals surface area contributed by atoms with Gasteiger partial charge in [-0.05, 0) is 77.0 Å². The predicted octanol–water partition coefficient (Wildman–Crippen LogP) is 15.8. The van der Waals surface area contributed by atoms with Crippen LogP contribution in [0.4, 0.5) is 0 Å². The van der Waals surface area contributed by atoms with Gasteiger partial charge in [0.05, 0.1) is 25.4 Å². The smallest absolute Gasteiger partial charge is 0.220 e. The summed E-state index contributed by atoms with van der Waals surface area (Å²) in [5.74, 6) is -0.186. The fourth-order valence-corrected chi connectivity index (χ4v) is 9.38. The summed E-state index contributed by atoms with van der Waals surface area (Å²) in [5, 5.41) is 54.4. The number of carbonyl (C=O) groups is 1. The van der Waals surface area contributed by atoms with Crippen molar-refractivity contribution in [3.63, 3.8) is 0 Å². The molecule has 1 heterocycles. The number of hydrogen-bond donors (Lipinski definition) is 6. The Bertz CT molecular complexity index is 1440. The van der Waals surface area contributed by atoms with Crippen LogP contribution in [0.25, 0.3) is 0 Å². The Balaban J connectivity index is 2.09. The van der Waals surface area contributed by atoms with Gasteiger partial charge in [0, 0.05) is 6.42 Å². The SMILES string of the molecule is CC/C=C\C/C=C\C/C=C\C/C=C\C/C=C\CCCCCCCCCCCCCCCCCCCCCCCC(=O)NC(COC1OC(CO)C(O)C(O)C1O)C(O)/C=C/CC/C=C/CCCCCCCCCC. The van der Waals surface area contributed by atoms with Crippen molar-refractivity contribution >= 4 is 5.91 Å². The van der Waals surface area contributed by atoms with Gasteiger partial charge in [0.25, 0.3) is 0 Å². The third-order valence-corrected chi connectivity index (χ3v) is 14.2. The van der Waals surface area contributed by atoms with Crippen molar-refractivity contribution in [2.24, 2.45) is 0 Å². The number of allylic oxidation sites excluding steroid dienone is 13. The zero-order valence-electron chi connectivity index (χ0n) is 47.6. The van der Waals surface area contributed by atoms with E-state index >= 15 is 0 Å². The average Bonchev–Trinajstić information content (AvgIpc) is 3.40. The molecule has 74 heavy (non-hydrogen) atoms. The predicted molar refractivity (Wildman–Crippen MR) is 313 cm³/mol. The molecule has 1 amide bonds. The number of aliphatic hydroxyl groups is 5. The molecular formula is C65H115NO8. The van der Waals surface area contributed by atoms with Gasteiger partial charge in [-0.3, -0.25) is 4.79 Å². The minimum absolute atomic E-state index is 0.186. The first-order chi connectivity index (χ1) is 36.3. The number of amides is 1. The molecule has 1 aliphatic rings. The highest BCUT2D eigenvalue weighted by Crippen LogP contribution is 2.23. The molecule has 0 saturated carbocycles. The van der Waals surface area contributed by atoms with E-state index in [0.717, 1.165) is 70.6 Å². The molecule has 1 fully saturated rings. The van der Waals surface area contributed by atoms with Crippen LogP contribution in [0.5, 0.6) is 0 Å². The lowest BCUT2D eigenvalue weighted by molar-refractivity contribution is -0.302. The highest BCUT2D eigenvalue weighted by Gasteiger charge is 2.44. The molecule has 9 nitrogen and oxygen atoms in total. The zero-order chi connectivity index (χ0) is 53.6. The monoisotopic (exact) mass is 1040 g/mol. The molecule has 1 rings (SSSR count). The third-order valence-electron chi connectivity index (χ3n) is 14.2. The van der Waals surface area contributed by atoms with E-state index in [1.165, 1.54) is 173 Å². The van der Waals surface area contributed by atoms with Gasteiger partial charge in [0.1, 0.15) is 24.4 Å². The number of hydrogen-bond acceptors (Lipinski definition) is 8. The summed E-state index contributed by atoms with van der Waals surface area (Å²) in [6.07, 6.45) is 69.6. The van der Waals surface area contributed by atoms with Crippen molar-refractivity contribution in [3.05, 3.63) is 85.1 Å². The van der Waals surface area contributed by atoms with Gasteiger partial charge in [-0.25, -0.2) is 0 Å². The van der Waals surface area contributed by atoms with Crippen LogP contribution in [0.3, 0.4) is 0 Å². The number of nitrogens with one attached hydrogen (secondary N) is 1. The number of carbonyl (C=O) groups excluding carboxylic acids is 1. The second kappa shape index (κ2) is 53.8. The molecule has 0 aromatic heterocycles. The van der Waals surface area contributed by atoms with E-state index < -0.39 is 49.5 Å². The molecule has 9 heteroatoms. The fraction of sp³-hybridized carbons (Fsp3) is 0.769. The van der Waals surface area contributed by atoms with Crippen LogP contribution in [-0.4, -0.2) is 87.5 Å². The molecule has 0 radical (unpaired) electrons. The number of ether oxygens (including phenoxy) is 2. The quantitative estimate of drug-likeness (QED) is 0.0261. The second-order valence-electron chi connectivity index (χ2n) is 21.1. The van der Waals surface area contributed by atoms with Crippen molar-refractivity contribution in [3.8, 4) is 0 Å². The second-order valence-corrected chi connectivity index (χ2v) is 21.1. The van der Waals surface area contributed by atoms with Gasteiger partial charge in [-0.15, -0.1) is 0 Å². The van der Waals surface area contributed by atoms with E-state index in [0.29, 0.717) is 6.42 Å². The van der Waals surface area contributed by atoms with E-state index in [-0.39, 0.29) is 12.5 Å². The first kappa shape index (κ1) is 69.4. The van der Waals surface area contributed by atoms with E-state index in [4.69, 9.17) is 9.47 Å². The normalized spacial score (nSPS) is 19.6. The van der Waals surface area contributed by atoms with Crippen molar-refractivity contribution in [1.82, 2.24) is 5.32 Å². The van der Waals surface area contributed by atoms with Gasteiger partial charge in [-0.2, -0.15) is 0 Å². The topological polar surface area (TPSA) is 149 Å². The van der Waals surface area contributed by atoms with Crippen LogP contribution < -0.4 is 5.32 Å². The Morgan fingerprint density at radius 2 is 0.851 bits per heavy atom. The molecule has 1 aliphatic heterocycles. The summed E-state index contributed by atoms with van der Waals surface area (Å²) in [5.41, 5.74) is 0. The molecule has 6 N–H and O–H groups in total. The van der Waals surface area contributed by atoms with Gasteiger partial charge in [0.15, 0.2) is 6.29 Å². The van der Waals surface area contributed by atoms with Crippen LogP contribution >= 0.6 is 0 Å². The molecule has 0 spiro atoms. The fourth-order valence-electron chi connectivity index (χ4n) is 9.38. The van der Waals surface area contributed by atoms with Crippen molar-refractivity contribution < 1.29 is 39.8 Å². The van der Waals surface area contributed by atoms with Gasteiger partial charge < -0.3 is 40.3 Å². The van der Waals surface area contributed by atoms with Crippen LogP contribution in [-0.2, 0) is 14.3 Å². The molecule has 7 atom stereocenters. The average molecular weight is 1040 g/mol. The molecule has 0 aliphatic carbocycles. The standard InChI is InChI=1S/C65H115NO8/c1-3-5-7-9-11-13-15-17-19-20-21-22-23-24-25-26-27-28-29-30-31-32-33-34-35-36-37-38-39-40-41-43-45-47-49-51-53-55-61(69)66-58(57-73-65-64(72)63(71)62(70)60(56-67)74-65)59(68)54-52-50-48-46-44-42-18-16-14-12-10-8-6-4-2/h5,7,11,13,17,19,21-22,24-25,44,46,52,54,58-60,62-65,67-68,70-72H,3-4,6,8-10,12,14-16,18,20,23,26-43,45,47-51,53,55-57H2,1-2H3,(H,66,69)/b7-5-,13-11-,19-17-,22-21-,25-24-,46-44+,54-52+. The Morgan fingerprint density at radius 3 is 1.30 bits per heavy atom. The maximum absolute atomic E-state index is 13.0. The summed E-state index contributed by atoms with van der Waals surface area (Å²) < 4.78 is 11.2. The van der Waals surface area contributed by atoms with Crippen molar-refractivity contribution in [2.45, 2.75) is 307 Å². The lowest BCUT2D eigenvalue weighted by Gasteiger charge is -2.40. The van der Waals surface area contributed by atoms with E-state index in [2.05, 4.69) is 92.1 Å². The molecule has 428 valence electrons. The van der Waals surface area contributed by atoms with Gasteiger partial charge in [-0.1, -0.05) is 266 Å². The number of aliphatic hydroxyl groups excluding tert-OH is 5. The minimum atomic E-state index is -1.57. The first-order valence-corrected chi connectivity index (χ1v) is 30.8. The maximum atomic E-state index is 13.0. The summed E-state index contributed by atoms with van der Waals surface area (Å²) in [4.78, 5) is 13.0. The molecular weight excluding hydrogens is 923 g/mol. The van der Waals surface area contributed by atoms with Crippen molar-refractivity contribution in [1.29, 1.82) is 0 Å². The Kier molecular flexibility index (Phi) is 50.4. The van der Waals surface area contributed by atoms with E-state index in [9.17, 15) is 30.3 Å². The number of rotatable bonds is 52. The van der Waals surface area contributed by atoms with Gasteiger partial charge in [0.2, 0.25) is 5.91 Å². The molecule has 0 bridgehead atoms. The first-order valence-electron chi connectivity index (χ1n) is 30.8. The zero-order valence-corrected chi connectivity index (χ0v) is 47.6. The maximum Gasteiger partial charge on any atom is 0.220 e. The summed E-state index contributed by atoms with van der Waals surface area (Å²) in [6, 6.07) is -0.823. The summed E-state index contributed by atoms with van der Waals surface area (Å²) >= 11 is 0. The largest absolute Gasteiger partial charge is 0.394 e. The molecule has 7 unspecified atom stereocenters. The lowest BCUT2D eigenvalue weighted by atomic mass is 9.99. The summed E-state index contributed by atoms with van der Waals surface area (Å²) in [7, 11) is 0. The highest BCUT2D eigenvalue weighted by atomic mass is 16.7. The Hall–Kier alpha value is -2.63. The van der Waals surface area contributed by atoms with E-state index in [1.54, 1.807) is 6.08 Å². The van der Waals surface area contributed by atoms with Gasteiger partial charge >= 0.3 is 0 Å². The molecule has 0 aromatic carbocycles. The van der Waals surface area contributed by atoms with Crippen molar-refractivity contribution in [2.75, 3.05) is 13.2 Å². The minimum Gasteiger partial charge on any atom is -0.394 e. The number of unbranched alkanes of at least 4 members (excludes halogenated alkanes) is 30. The van der Waals surface area contributed by atoms with Crippen LogP contribution in [0.2, 0.25) is 0 Å². The van der Waals surface area contributed by atoms with Crippen LogP contribution in [0.15, 0.2) is 85.1 Å². The Morgan fingerprint density at radius 1 is 0.473 bits per heavy atom. The molecule has 0 aromatic rings. The Labute approximate surface area is 454 Å². The third kappa shape index (κ3) is 42.5. The van der Waals surface area contributed by atoms with E-state index in [1.807, 2.05) is 6.08 Å². The van der Waals surface area contributed by atoms with Crippen LogP contribution in [0.1, 0.15) is 264 Å². The highest BCUT2D eigenvalue weighted by molar-refractivity contribution is 5.76. The molecule has 1 saturated heterocycles. The summed E-state index contributed by atoms with van der Waals surface area (Å²) in [6.45, 7) is 3.65.